The molecule has 1 aromatic carbocycles. The van der Waals surface area contributed by atoms with Gasteiger partial charge in [0.15, 0.2) is 5.78 Å². The third kappa shape index (κ3) is 2.69. The number of Topliss-reactive ketones (excluding diaryl/α,β-unsaturated/α-hetero) is 1. The largest absolute Gasteiger partial charge is 0.478 e. The van der Waals surface area contributed by atoms with E-state index in [0.717, 1.165) is 12.1 Å². The number of aliphatic carboxylic acids is 2. The molecular weight excluding hydrogens is 328 g/mol. The summed E-state index contributed by atoms with van der Waals surface area (Å²) >= 11 is 0. The van der Waals surface area contributed by atoms with Gasteiger partial charge < -0.3 is 10.2 Å². The van der Waals surface area contributed by atoms with Crippen LogP contribution in [-0.4, -0.2) is 42.1 Å². The highest BCUT2D eigenvalue weighted by Gasteiger charge is 2.42. The van der Waals surface area contributed by atoms with Crippen molar-refractivity contribution >= 4 is 33.3 Å². The summed E-state index contributed by atoms with van der Waals surface area (Å²) < 4.78 is 25.0. The molecule has 0 aliphatic heterocycles. The molecule has 1 aromatic rings. The van der Waals surface area contributed by atoms with E-state index in [1.54, 1.807) is 0 Å². The van der Waals surface area contributed by atoms with Crippen LogP contribution in [0.25, 0.3) is 0 Å². The van der Waals surface area contributed by atoms with E-state index in [9.17, 15) is 27.6 Å². The normalized spacial score (nSPS) is 15.4. The lowest BCUT2D eigenvalue weighted by atomic mass is 9.97. The Morgan fingerprint density at radius 1 is 0.913 bits per heavy atom. The number of benzene rings is 1. The smallest absolute Gasteiger partial charge is 0.341 e. The van der Waals surface area contributed by atoms with Gasteiger partial charge in [0.2, 0.25) is 15.6 Å². The van der Waals surface area contributed by atoms with Gasteiger partial charge in [-0.3, -0.25) is 9.59 Å². The van der Waals surface area contributed by atoms with Crippen molar-refractivity contribution in [2.24, 2.45) is 0 Å². The van der Waals surface area contributed by atoms with Crippen molar-refractivity contribution in [2.45, 2.75) is 4.90 Å². The van der Waals surface area contributed by atoms with Crippen LogP contribution in [0.1, 0.15) is 0 Å². The lowest BCUT2D eigenvalue weighted by molar-refractivity contribution is -0.137. The molecule has 2 rings (SSSR count). The number of carbonyl (C=O) groups excluding carboxylic acids is 2. The number of sulfone groups is 1. The first-order valence-electron chi connectivity index (χ1n) is 5.99. The molecule has 2 N–H and O–H groups in total. The summed E-state index contributed by atoms with van der Waals surface area (Å²) in [6.07, 6.45) is 0.304. The fraction of sp³-hybridized carbons (Fsp3) is 0. The molecular formula is C14H8O8S. The quantitative estimate of drug-likeness (QED) is 0.576. The van der Waals surface area contributed by atoms with Gasteiger partial charge in [-0.25, -0.2) is 18.0 Å². The van der Waals surface area contributed by atoms with Gasteiger partial charge in [-0.05, 0) is 12.1 Å². The molecule has 0 bridgehead atoms. The average molecular weight is 336 g/mol. The maximum absolute atomic E-state index is 12.5. The fourth-order valence-corrected chi connectivity index (χ4v) is 3.51. The Labute approximate surface area is 129 Å². The number of allylic oxidation sites excluding steroid dienone is 2. The molecule has 1 aliphatic carbocycles. The molecule has 0 atom stereocenters. The number of hydrogen-bond acceptors (Lipinski definition) is 6. The van der Waals surface area contributed by atoms with E-state index in [1.807, 2.05) is 0 Å². The first-order chi connectivity index (χ1) is 10.7. The van der Waals surface area contributed by atoms with Crippen LogP contribution in [0.3, 0.4) is 0 Å². The molecule has 0 unspecified atom stereocenters. The predicted molar refractivity (Wildman–Crippen MR) is 74.0 cm³/mol. The molecule has 0 heterocycles. The van der Waals surface area contributed by atoms with Gasteiger partial charge in [-0.2, -0.15) is 0 Å². The lowest BCUT2D eigenvalue weighted by Crippen LogP contribution is -2.31. The summed E-state index contributed by atoms with van der Waals surface area (Å²) in [4.78, 5) is 44.4. The second-order valence-corrected chi connectivity index (χ2v) is 6.27. The highest BCUT2D eigenvalue weighted by molar-refractivity contribution is 7.96. The molecule has 23 heavy (non-hydrogen) atoms. The van der Waals surface area contributed by atoms with Crippen molar-refractivity contribution in [2.75, 3.05) is 0 Å². The third-order valence-electron chi connectivity index (χ3n) is 2.97. The molecule has 0 saturated carbocycles. The summed E-state index contributed by atoms with van der Waals surface area (Å²) in [7, 11) is -4.68. The van der Waals surface area contributed by atoms with E-state index in [4.69, 9.17) is 10.2 Å². The number of rotatable bonds is 4. The molecule has 9 heteroatoms. The van der Waals surface area contributed by atoms with E-state index < -0.39 is 54.3 Å². The predicted octanol–water partition coefficient (Wildman–Crippen LogP) is -0.0382. The lowest BCUT2D eigenvalue weighted by Gasteiger charge is -2.15. The number of carboxylic acid groups (broad SMARTS) is 2. The summed E-state index contributed by atoms with van der Waals surface area (Å²) in [5, 5.41) is 18.0. The van der Waals surface area contributed by atoms with Crippen molar-refractivity contribution in [1.82, 2.24) is 0 Å². The topological polar surface area (TPSA) is 143 Å². The number of carboxylic acids is 2. The van der Waals surface area contributed by atoms with Crippen LogP contribution >= 0.6 is 0 Å². The summed E-state index contributed by atoms with van der Waals surface area (Å²) in [6.45, 7) is 0. The minimum atomic E-state index is -4.68. The molecule has 0 aromatic heterocycles. The Morgan fingerprint density at radius 2 is 1.48 bits per heavy atom. The van der Waals surface area contributed by atoms with Crippen molar-refractivity contribution in [3.63, 3.8) is 0 Å². The SMILES string of the molecule is O=C(O)C1=CC(=O)C(C(=O)O)=C(S(=O)(=O)c2ccccc2)C1=O. The Kier molecular flexibility index (Phi) is 3.98. The summed E-state index contributed by atoms with van der Waals surface area (Å²) in [5.41, 5.74) is -2.38. The van der Waals surface area contributed by atoms with Crippen LogP contribution < -0.4 is 0 Å². The standard InChI is InChI=1S/C14H8O8S/c15-9-6-8(13(17)18)11(16)12(10(9)14(19)20)23(21,22)7-4-2-1-3-5-7/h1-6H,(H,17,18)(H,19,20). The molecule has 0 spiro atoms. The van der Waals surface area contributed by atoms with Gasteiger partial charge in [-0.15, -0.1) is 0 Å². The van der Waals surface area contributed by atoms with Crippen LogP contribution in [0.2, 0.25) is 0 Å². The molecule has 0 radical (unpaired) electrons. The van der Waals surface area contributed by atoms with E-state index in [1.165, 1.54) is 18.2 Å². The number of carbonyl (C=O) groups is 4. The summed E-state index contributed by atoms with van der Waals surface area (Å²) in [6, 6.07) is 6.34. The molecule has 0 amide bonds. The number of ketones is 2. The highest BCUT2D eigenvalue weighted by Crippen LogP contribution is 2.29. The molecule has 118 valence electrons. The second-order valence-electron chi connectivity index (χ2n) is 4.38. The van der Waals surface area contributed by atoms with Gasteiger partial charge in [0.05, 0.1) is 4.90 Å². The van der Waals surface area contributed by atoms with Gasteiger partial charge in [0.25, 0.3) is 0 Å². The van der Waals surface area contributed by atoms with Crippen LogP contribution in [0.4, 0.5) is 0 Å². The fourth-order valence-electron chi connectivity index (χ4n) is 1.95. The van der Waals surface area contributed by atoms with E-state index in [-0.39, 0.29) is 0 Å². The highest BCUT2D eigenvalue weighted by atomic mass is 32.2. The zero-order valence-electron chi connectivity index (χ0n) is 11.2. The van der Waals surface area contributed by atoms with Crippen molar-refractivity contribution in [1.29, 1.82) is 0 Å². The molecule has 8 nitrogen and oxygen atoms in total. The van der Waals surface area contributed by atoms with Crippen molar-refractivity contribution in [3.8, 4) is 0 Å². The van der Waals surface area contributed by atoms with Crippen LogP contribution in [-0.2, 0) is 29.0 Å². The minimum Gasteiger partial charge on any atom is -0.478 e. The van der Waals surface area contributed by atoms with Crippen molar-refractivity contribution in [3.05, 3.63) is 52.5 Å². The third-order valence-corrected chi connectivity index (χ3v) is 4.79. The summed E-state index contributed by atoms with van der Waals surface area (Å²) in [5.74, 6) is -6.67. The maximum atomic E-state index is 12.5. The minimum absolute atomic E-state index is 0.304. The van der Waals surface area contributed by atoms with Crippen LogP contribution in [0, 0.1) is 0 Å². The zero-order valence-corrected chi connectivity index (χ0v) is 12.0. The Hall–Kier alpha value is -3.07. The van der Waals surface area contributed by atoms with Crippen LogP contribution in [0.15, 0.2) is 57.4 Å². The molecule has 0 fully saturated rings. The zero-order chi connectivity index (χ0) is 17.4. The Balaban J connectivity index is 2.81. The van der Waals surface area contributed by atoms with Gasteiger partial charge in [0.1, 0.15) is 16.1 Å². The van der Waals surface area contributed by atoms with Crippen molar-refractivity contribution < 1.29 is 37.8 Å². The van der Waals surface area contributed by atoms with E-state index in [0.29, 0.717) is 6.08 Å². The first-order valence-corrected chi connectivity index (χ1v) is 7.48. The Bertz CT molecular complexity index is 903. The number of hydrogen-bond donors (Lipinski definition) is 2. The monoisotopic (exact) mass is 336 g/mol. The Morgan fingerprint density at radius 3 is 1.96 bits per heavy atom. The van der Waals surface area contributed by atoms with Gasteiger partial charge >= 0.3 is 11.9 Å². The van der Waals surface area contributed by atoms with Crippen LogP contribution in [0.5, 0.6) is 0 Å². The van der Waals surface area contributed by atoms with Gasteiger partial charge in [-0.1, -0.05) is 18.2 Å². The maximum Gasteiger partial charge on any atom is 0.341 e. The second kappa shape index (κ2) is 5.61. The molecule has 0 saturated heterocycles. The first kappa shape index (κ1) is 16.3. The van der Waals surface area contributed by atoms with Gasteiger partial charge in [0, 0.05) is 6.08 Å². The van der Waals surface area contributed by atoms with E-state index in [2.05, 4.69) is 0 Å². The molecule has 1 aliphatic rings. The van der Waals surface area contributed by atoms with E-state index >= 15 is 0 Å². The average Bonchev–Trinajstić information content (AvgIpc) is 2.48.